The second-order valence-corrected chi connectivity index (χ2v) is 4.21. The summed E-state index contributed by atoms with van der Waals surface area (Å²) in [4.78, 5) is 22.5. The Balaban J connectivity index is 2.76. The summed E-state index contributed by atoms with van der Waals surface area (Å²) in [5.74, 6) is -2.17. The maximum Gasteiger partial charge on any atom is 0.374 e. The van der Waals surface area contributed by atoms with E-state index in [0.29, 0.717) is 0 Å². The van der Waals surface area contributed by atoms with Gasteiger partial charge in [0.1, 0.15) is 6.10 Å². The number of carbonyl (C=O) groups excluding carboxylic acids is 2. The number of hydrogen-bond acceptors (Lipinski definition) is 6. The van der Waals surface area contributed by atoms with Crippen molar-refractivity contribution in [2.45, 2.75) is 39.6 Å². The summed E-state index contributed by atoms with van der Waals surface area (Å²) in [6, 6.07) is 0. The molecule has 0 amide bonds. The lowest BCUT2D eigenvalue weighted by Gasteiger charge is -2.16. The smallest absolute Gasteiger partial charge is 0.374 e. The fourth-order valence-corrected chi connectivity index (χ4v) is 1.47. The molecule has 0 aliphatic carbocycles. The number of carbonyl (C=O) groups is 2. The standard InChI is InChI=1S/C12H18O6/c1-5-15-11(14)10(17-8(2)13)6-9-7-16-12(3,4)18-9/h6,9H,5,7H2,1-4H3/b10-6-/t9-/m0/s1. The summed E-state index contributed by atoms with van der Waals surface area (Å²) in [5.41, 5.74) is 0. The van der Waals surface area contributed by atoms with E-state index >= 15 is 0 Å². The van der Waals surface area contributed by atoms with Gasteiger partial charge in [0.05, 0.1) is 13.2 Å². The van der Waals surface area contributed by atoms with Crippen LogP contribution in [0.5, 0.6) is 0 Å². The third-order valence-electron chi connectivity index (χ3n) is 2.10. The lowest BCUT2D eigenvalue weighted by atomic mass is 10.3. The van der Waals surface area contributed by atoms with Gasteiger partial charge in [-0.2, -0.15) is 0 Å². The van der Waals surface area contributed by atoms with Crippen LogP contribution in [0, 0.1) is 0 Å². The Hall–Kier alpha value is -1.40. The van der Waals surface area contributed by atoms with E-state index in [2.05, 4.69) is 0 Å². The van der Waals surface area contributed by atoms with Crippen LogP contribution < -0.4 is 0 Å². The maximum absolute atomic E-state index is 11.6. The van der Waals surface area contributed by atoms with Crippen molar-refractivity contribution in [3.63, 3.8) is 0 Å². The summed E-state index contributed by atoms with van der Waals surface area (Å²) in [5, 5.41) is 0. The Morgan fingerprint density at radius 2 is 2.11 bits per heavy atom. The molecule has 1 fully saturated rings. The molecule has 0 bridgehead atoms. The molecule has 0 saturated carbocycles. The lowest BCUT2D eigenvalue weighted by molar-refractivity contribution is -0.150. The van der Waals surface area contributed by atoms with Gasteiger partial charge in [-0.3, -0.25) is 4.79 Å². The summed E-state index contributed by atoms with van der Waals surface area (Å²) in [6.45, 7) is 6.89. The number of ether oxygens (including phenoxy) is 4. The molecule has 1 atom stereocenters. The van der Waals surface area contributed by atoms with Crippen LogP contribution in [-0.2, 0) is 28.5 Å². The first-order valence-electron chi connectivity index (χ1n) is 5.73. The van der Waals surface area contributed by atoms with E-state index in [0.717, 1.165) is 0 Å². The molecule has 0 unspecified atom stereocenters. The third kappa shape index (κ3) is 4.46. The van der Waals surface area contributed by atoms with Crippen molar-refractivity contribution in [2.24, 2.45) is 0 Å². The van der Waals surface area contributed by atoms with E-state index < -0.39 is 23.8 Å². The second-order valence-electron chi connectivity index (χ2n) is 4.21. The van der Waals surface area contributed by atoms with Crippen molar-refractivity contribution in [3.8, 4) is 0 Å². The quantitative estimate of drug-likeness (QED) is 0.428. The minimum absolute atomic E-state index is 0.171. The Morgan fingerprint density at radius 3 is 2.56 bits per heavy atom. The second kappa shape index (κ2) is 5.97. The van der Waals surface area contributed by atoms with Gasteiger partial charge in [0.2, 0.25) is 5.76 Å². The fraction of sp³-hybridized carbons (Fsp3) is 0.667. The summed E-state index contributed by atoms with van der Waals surface area (Å²) < 4.78 is 20.4. The van der Waals surface area contributed by atoms with Crippen LogP contribution in [0.15, 0.2) is 11.8 Å². The SMILES string of the molecule is CCOC(=O)/C(=C/[C@H]1COC(C)(C)O1)OC(C)=O. The Bertz CT molecular complexity index is 358. The maximum atomic E-state index is 11.6. The average Bonchev–Trinajstić information content (AvgIpc) is 2.57. The van der Waals surface area contributed by atoms with Gasteiger partial charge in [0.25, 0.3) is 0 Å². The van der Waals surface area contributed by atoms with Crippen LogP contribution in [0.1, 0.15) is 27.7 Å². The molecule has 0 aromatic heterocycles. The molecule has 102 valence electrons. The summed E-state index contributed by atoms with van der Waals surface area (Å²) in [6.07, 6.45) is 0.951. The first-order valence-corrected chi connectivity index (χ1v) is 5.73. The largest absolute Gasteiger partial charge is 0.460 e. The van der Waals surface area contributed by atoms with Crippen molar-refractivity contribution < 1.29 is 28.5 Å². The summed E-state index contributed by atoms with van der Waals surface area (Å²) >= 11 is 0. The van der Waals surface area contributed by atoms with Gasteiger partial charge in [-0.25, -0.2) is 4.79 Å². The van der Waals surface area contributed by atoms with E-state index in [1.54, 1.807) is 20.8 Å². The van der Waals surface area contributed by atoms with Crippen molar-refractivity contribution in [2.75, 3.05) is 13.2 Å². The van der Waals surface area contributed by atoms with E-state index in [1.807, 2.05) is 0 Å². The van der Waals surface area contributed by atoms with Crippen LogP contribution in [0.25, 0.3) is 0 Å². The van der Waals surface area contributed by atoms with Gasteiger partial charge in [-0.05, 0) is 26.8 Å². The molecule has 6 heteroatoms. The Kier molecular flexibility index (Phi) is 4.86. The zero-order chi connectivity index (χ0) is 13.8. The monoisotopic (exact) mass is 258 g/mol. The van der Waals surface area contributed by atoms with Crippen LogP contribution >= 0.6 is 0 Å². The van der Waals surface area contributed by atoms with Gasteiger partial charge < -0.3 is 18.9 Å². The minimum Gasteiger partial charge on any atom is -0.460 e. The molecular weight excluding hydrogens is 240 g/mol. The number of rotatable bonds is 4. The number of hydrogen-bond donors (Lipinski definition) is 0. The lowest BCUT2D eigenvalue weighted by Crippen LogP contribution is -2.22. The van der Waals surface area contributed by atoms with E-state index in [9.17, 15) is 9.59 Å². The molecule has 1 saturated heterocycles. The Labute approximate surface area is 106 Å². The third-order valence-corrected chi connectivity index (χ3v) is 2.10. The van der Waals surface area contributed by atoms with Crippen LogP contribution in [0.4, 0.5) is 0 Å². The highest BCUT2D eigenvalue weighted by Gasteiger charge is 2.32. The predicted octanol–water partition coefficient (Wildman–Crippen LogP) is 1.15. The van der Waals surface area contributed by atoms with Crippen molar-refractivity contribution in [1.29, 1.82) is 0 Å². The molecular formula is C12H18O6. The molecule has 0 spiro atoms. The topological polar surface area (TPSA) is 71.1 Å². The molecule has 0 aromatic rings. The molecule has 1 aliphatic rings. The predicted molar refractivity (Wildman–Crippen MR) is 61.4 cm³/mol. The minimum atomic E-state index is -0.711. The normalized spacial score (nSPS) is 22.7. The molecule has 18 heavy (non-hydrogen) atoms. The number of esters is 2. The molecule has 0 radical (unpaired) electrons. The van der Waals surface area contributed by atoms with Gasteiger partial charge in [-0.15, -0.1) is 0 Å². The van der Waals surface area contributed by atoms with Gasteiger partial charge in [0, 0.05) is 6.92 Å². The van der Waals surface area contributed by atoms with E-state index in [-0.39, 0.29) is 19.0 Å². The van der Waals surface area contributed by atoms with E-state index in [4.69, 9.17) is 18.9 Å². The highest BCUT2D eigenvalue weighted by Crippen LogP contribution is 2.24. The molecule has 1 aliphatic heterocycles. The zero-order valence-electron chi connectivity index (χ0n) is 11.0. The van der Waals surface area contributed by atoms with Crippen LogP contribution in [0.3, 0.4) is 0 Å². The summed E-state index contributed by atoms with van der Waals surface area (Å²) in [7, 11) is 0. The molecule has 0 aromatic carbocycles. The van der Waals surface area contributed by atoms with Crippen LogP contribution in [0.2, 0.25) is 0 Å². The van der Waals surface area contributed by atoms with Crippen LogP contribution in [-0.4, -0.2) is 37.0 Å². The fourth-order valence-electron chi connectivity index (χ4n) is 1.47. The molecule has 1 rings (SSSR count). The first-order chi connectivity index (χ1) is 8.34. The van der Waals surface area contributed by atoms with Crippen molar-refractivity contribution >= 4 is 11.9 Å². The van der Waals surface area contributed by atoms with E-state index in [1.165, 1.54) is 13.0 Å². The first kappa shape index (κ1) is 14.7. The van der Waals surface area contributed by atoms with Crippen molar-refractivity contribution in [3.05, 3.63) is 11.8 Å². The van der Waals surface area contributed by atoms with Gasteiger partial charge in [0.15, 0.2) is 5.79 Å². The molecule has 6 nitrogen and oxygen atoms in total. The highest BCUT2D eigenvalue weighted by atomic mass is 16.7. The molecule has 1 heterocycles. The average molecular weight is 258 g/mol. The Morgan fingerprint density at radius 1 is 1.44 bits per heavy atom. The van der Waals surface area contributed by atoms with Gasteiger partial charge in [-0.1, -0.05) is 0 Å². The van der Waals surface area contributed by atoms with Gasteiger partial charge >= 0.3 is 11.9 Å². The zero-order valence-corrected chi connectivity index (χ0v) is 11.0. The molecule has 0 N–H and O–H groups in total. The van der Waals surface area contributed by atoms with Crippen molar-refractivity contribution in [1.82, 2.24) is 0 Å². The highest BCUT2D eigenvalue weighted by molar-refractivity contribution is 5.89.